The monoisotopic (exact) mass is 399 g/mol. The summed E-state index contributed by atoms with van der Waals surface area (Å²) in [5, 5.41) is 9.11. The van der Waals surface area contributed by atoms with Gasteiger partial charge < -0.3 is 9.67 Å². The molecule has 3 rings (SSSR count). The summed E-state index contributed by atoms with van der Waals surface area (Å²) in [4.78, 5) is 12.8. The maximum absolute atomic E-state index is 13.9. The Labute approximate surface area is 161 Å². The van der Waals surface area contributed by atoms with Gasteiger partial charge in [0, 0.05) is 35.6 Å². The van der Waals surface area contributed by atoms with Gasteiger partial charge >= 0.3 is 6.18 Å². The molecular weight excluding hydrogens is 374 g/mol. The second kappa shape index (κ2) is 7.85. The van der Waals surface area contributed by atoms with E-state index in [4.69, 9.17) is 0 Å². The zero-order valence-electron chi connectivity index (χ0n) is 15.9. The van der Waals surface area contributed by atoms with Crippen LogP contribution in [0.3, 0.4) is 0 Å². The molecule has 0 radical (unpaired) electrons. The van der Waals surface area contributed by atoms with E-state index in [9.17, 15) is 27.5 Å². The van der Waals surface area contributed by atoms with E-state index >= 15 is 0 Å². The topological polar surface area (TPSA) is 42.2 Å². The Bertz CT molecular complexity index is 844. The predicted octanol–water partition coefficient (Wildman–Crippen LogP) is 5.53. The molecule has 0 atom stereocenters. The molecule has 1 N–H and O–H groups in total. The summed E-state index contributed by atoms with van der Waals surface area (Å²) in [5.74, 6) is -0.118. The normalized spacial score (nSPS) is 23.3. The first-order valence-corrected chi connectivity index (χ1v) is 9.64. The van der Waals surface area contributed by atoms with Gasteiger partial charge in [0.2, 0.25) is 0 Å². The average Bonchev–Trinajstić information content (AvgIpc) is 2.99. The van der Waals surface area contributed by atoms with E-state index in [1.807, 2.05) is 0 Å². The lowest BCUT2D eigenvalue weighted by Crippen LogP contribution is -2.26. The lowest BCUT2D eigenvalue weighted by Gasteiger charge is -2.30. The van der Waals surface area contributed by atoms with E-state index in [0.717, 1.165) is 6.07 Å². The maximum Gasteiger partial charge on any atom is 0.417 e. The number of aromatic nitrogens is 1. The molecule has 1 heterocycles. The smallest absolute Gasteiger partial charge is 0.395 e. The highest BCUT2D eigenvalue weighted by molar-refractivity contribution is 6.09. The van der Waals surface area contributed by atoms with Gasteiger partial charge in [0.05, 0.1) is 12.2 Å². The number of nitrogens with zero attached hydrogens (tertiary/aromatic N) is 1. The fourth-order valence-corrected chi connectivity index (χ4v) is 4.13. The van der Waals surface area contributed by atoms with Gasteiger partial charge in [0.1, 0.15) is 5.67 Å². The van der Waals surface area contributed by atoms with Crippen molar-refractivity contribution in [1.29, 1.82) is 0 Å². The molecular formula is C21H25F4NO2. The number of hydrogen-bond acceptors (Lipinski definition) is 2. The Kier molecular flexibility index (Phi) is 5.84. The highest BCUT2D eigenvalue weighted by Crippen LogP contribution is 2.39. The van der Waals surface area contributed by atoms with E-state index < -0.39 is 17.4 Å². The molecule has 1 fully saturated rings. The maximum atomic E-state index is 13.9. The van der Waals surface area contributed by atoms with Gasteiger partial charge in [-0.3, -0.25) is 4.79 Å². The van der Waals surface area contributed by atoms with E-state index in [1.165, 1.54) is 22.9 Å². The van der Waals surface area contributed by atoms with Crippen molar-refractivity contribution in [1.82, 2.24) is 4.57 Å². The molecule has 1 aliphatic carbocycles. The minimum Gasteiger partial charge on any atom is -0.395 e. The van der Waals surface area contributed by atoms with Crippen molar-refractivity contribution in [2.45, 2.75) is 63.8 Å². The van der Waals surface area contributed by atoms with Crippen LogP contribution in [-0.2, 0) is 12.7 Å². The highest BCUT2D eigenvalue weighted by atomic mass is 19.4. The lowest BCUT2D eigenvalue weighted by molar-refractivity contribution is -0.136. The molecule has 3 nitrogen and oxygen atoms in total. The standard InChI is InChI=1S/C21H25F4NO2/c1-20(22)9-7-14(8-10-20)5-6-18(28)15-13-26(11-12-27)17-4-2-3-16(19(15)17)21(23,24)25/h2-4,13-14,27H,5-12H2,1H3. The fourth-order valence-electron chi connectivity index (χ4n) is 4.13. The lowest BCUT2D eigenvalue weighted by atomic mass is 9.79. The van der Waals surface area contributed by atoms with Crippen LogP contribution in [0.4, 0.5) is 17.6 Å². The molecule has 0 saturated heterocycles. The summed E-state index contributed by atoms with van der Waals surface area (Å²) >= 11 is 0. The number of benzene rings is 1. The zero-order chi connectivity index (χ0) is 20.5. The quantitative estimate of drug-likeness (QED) is 0.512. The van der Waals surface area contributed by atoms with Crippen molar-refractivity contribution < 1.29 is 27.5 Å². The van der Waals surface area contributed by atoms with Crippen LogP contribution >= 0.6 is 0 Å². The van der Waals surface area contributed by atoms with Gasteiger partial charge in [-0.2, -0.15) is 13.2 Å². The van der Waals surface area contributed by atoms with Crippen molar-refractivity contribution in [2.24, 2.45) is 5.92 Å². The van der Waals surface area contributed by atoms with Crippen LogP contribution in [0, 0.1) is 5.92 Å². The number of alkyl halides is 4. The Morgan fingerprint density at radius 3 is 2.57 bits per heavy atom. The molecule has 1 aliphatic rings. The van der Waals surface area contributed by atoms with Gasteiger partial charge in [-0.1, -0.05) is 6.07 Å². The third-order valence-electron chi connectivity index (χ3n) is 5.78. The largest absolute Gasteiger partial charge is 0.417 e. The molecule has 1 aromatic carbocycles. The number of rotatable bonds is 6. The van der Waals surface area contributed by atoms with Crippen LogP contribution in [0.15, 0.2) is 24.4 Å². The van der Waals surface area contributed by atoms with Crippen molar-refractivity contribution in [3.63, 3.8) is 0 Å². The number of Topliss-reactive ketones (excluding diaryl/α,β-unsaturated/α-hetero) is 1. The first kappa shape index (κ1) is 20.8. The van der Waals surface area contributed by atoms with Gasteiger partial charge in [-0.05, 0) is 57.1 Å². The fraction of sp³-hybridized carbons (Fsp3) is 0.571. The van der Waals surface area contributed by atoms with E-state index in [-0.39, 0.29) is 47.7 Å². The molecule has 1 saturated carbocycles. The van der Waals surface area contributed by atoms with Gasteiger partial charge in [-0.15, -0.1) is 0 Å². The number of aliphatic hydroxyl groups is 1. The molecule has 2 aromatic rings. The van der Waals surface area contributed by atoms with Crippen LogP contribution in [0.5, 0.6) is 0 Å². The molecule has 0 spiro atoms. The number of aliphatic hydroxyl groups excluding tert-OH is 1. The summed E-state index contributed by atoms with van der Waals surface area (Å²) in [7, 11) is 0. The van der Waals surface area contributed by atoms with Crippen LogP contribution < -0.4 is 0 Å². The second-order valence-electron chi connectivity index (χ2n) is 7.98. The third-order valence-corrected chi connectivity index (χ3v) is 5.78. The van der Waals surface area contributed by atoms with Crippen LogP contribution in [-0.4, -0.2) is 27.7 Å². The first-order chi connectivity index (χ1) is 13.1. The second-order valence-corrected chi connectivity index (χ2v) is 7.98. The molecule has 0 bridgehead atoms. The number of hydrogen-bond donors (Lipinski definition) is 1. The summed E-state index contributed by atoms with van der Waals surface area (Å²) in [6, 6.07) is 3.81. The molecule has 1 aromatic heterocycles. The van der Waals surface area contributed by atoms with Gasteiger partial charge in [0.25, 0.3) is 0 Å². The summed E-state index contributed by atoms with van der Waals surface area (Å²) in [6.07, 6.45) is -0.165. The third kappa shape index (κ3) is 4.40. The first-order valence-electron chi connectivity index (χ1n) is 9.64. The Hall–Kier alpha value is -1.89. The van der Waals surface area contributed by atoms with Gasteiger partial charge in [-0.25, -0.2) is 4.39 Å². The van der Waals surface area contributed by atoms with E-state index in [1.54, 1.807) is 6.92 Å². The molecule has 0 aliphatic heterocycles. The summed E-state index contributed by atoms with van der Waals surface area (Å²) in [6.45, 7) is 1.46. The molecule has 0 amide bonds. The van der Waals surface area contributed by atoms with Crippen LogP contribution in [0.25, 0.3) is 10.9 Å². The van der Waals surface area contributed by atoms with Crippen molar-refractivity contribution in [2.75, 3.05) is 6.61 Å². The van der Waals surface area contributed by atoms with E-state index in [0.29, 0.717) is 32.1 Å². The number of carbonyl (C=O) groups is 1. The van der Waals surface area contributed by atoms with Crippen molar-refractivity contribution in [3.05, 3.63) is 35.5 Å². The highest BCUT2D eigenvalue weighted by Gasteiger charge is 2.35. The van der Waals surface area contributed by atoms with E-state index in [2.05, 4.69) is 0 Å². The summed E-state index contributed by atoms with van der Waals surface area (Å²) < 4.78 is 55.9. The SMILES string of the molecule is CC1(F)CCC(CCC(=O)c2cn(CCO)c3cccc(C(F)(F)F)c23)CC1. The van der Waals surface area contributed by atoms with Gasteiger partial charge in [0.15, 0.2) is 5.78 Å². The summed E-state index contributed by atoms with van der Waals surface area (Å²) in [5.41, 5.74) is -1.66. The molecule has 7 heteroatoms. The Balaban J connectivity index is 1.86. The number of halogens is 4. The Morgan fingerprint density at radius 1 is 1.29 bits per heavy atom. The van der Waals surface area contributed by atoms with Crippen molar-refractivity contribution >= 4 is 16.7 Å². The number of carbonyl (C=O) groups excluding carboxylic acids is 1. The molecule has 154 valence electrons. The molecule has 0 unspecified atom stereocenters. The zero-order valence-corrected chi connectivity index (χ0v) is 15.9. The minimum absolute atomic E-state index is 0.0440. The average molecular weight is 399 g/mol. The Morgan fingerprint density at radius 2 is 1.96 bits per heavy atom. The minimum atomic E-state index is -4.57. The van der Waals surface area contributed by atoms with Crippen LogP contribution in [0.1, 0.15) is 61.4 Å². The van der Waals surface area contributed by atoms with Crippen LogP contribution in [0.2, 0.25) is 0 Å². The predicted molar refractivity (Wildman–Crippen MR) is 99.1 cm³/mol. The number of fused-ring (bicyclic) bond motifs is 1. The number of ketones is 1. The molecule has 28 heavy (non-hydrogen) atoms. The van der Waals surface area contributed by atoms with Crippen molar-refractivity contribution in [3.8, 4) is 0 Å².